The van der Waals surface area contributed by atoms with Crippen molar-refractivity contribution in [2.24, 2.45) is 0 Å². The molecule has 120 valence electrons. The number of hydrogen-bond acceptors (Lipinski definition) is 5. The third kappa shape index (κ3) is 7.32. The van der Waals surface area contributed by atoms with Crippen molar-refractivity contribution in [3.05, 3.63) is 23.8 Å². The zero-order valence-electron chi connectivity index (χ0n) is 13.2. The fraction of sp³-hybridized carbons (Fsp3) is 0.625. The summed E-state index contributed by atoms with van der Waals surface area (Å²) in [6.45, 7) is 8.74. The molecule has 5 nitrogen and oxygen atoms in total. The molecule has 0 heterocycles. The fourth-order valence-electron chi connectivity index (χ4n) is 1.98. The van der Waals surface area contributed by atoms with Gasteiger partial charge >= 0.3 is 0 Å². The standard InChI is InChI=1S/C16H28N2O3/c1-3-20-15-7-6-14(12-16(15)21-4-2)13-18-9-5-8-17-10-11-19/h6-7,12,17-19H,3-5,8-11,13H2,1-2H3. The van der Waals surface area contributed by atoms with Crippen LogP contribution in [0.15, 0.2) is 18.2 Å². The summed E-state index contributed by atoms with van der Waals surface area (Å²) >= 11 is 0. The minimum Gasteiger partial charge on any atom is -0.490 e. The molecule has 0 aromatic heterocycles. The average Bonchev–Trinajstić information content (AvgIpc) is 2.49. The summed E-state index contributed by atoms with van der Waals surface area (Å²) in [5, 5.41) is 15.2. The zero-order chi connectivity index (χ0) is 15.3. The van der Waals surface area contributed by atoms with E-state index in [1.54, 1.807) is 0 Å². The minimum absolute atomic E-state index is 0.194. The predicted molar refractivity (Wildman–Crippen MR) is 85.1 cm³/mol. The second-order valence-electron chi connectivity index (χ2n) is 4.65. The van der Waals surface area contributed by atoms with Crippen molar-refractivity contribution in [1.82, 2.24) is 10.6 Å². The molecule has 0 aliphatic rings. The molecule has 0 unspecified atom stereocenters. The number of aliphatic hydroxyl groups is 1. The van der Waals surface area contributed by atoms with Crippen LogP contribution in [0.5, 0.6) is 11.5 Å². The maximum Gasteiger partial charge on any atom is 0.161 e. The van der Waals surface area contributed by atoms with Crippen molar-refractivity contribution in [1.29, 1.82) is 0 Å². The van der Waals surface area contributed by atoms with Crippen LogP contribution in [0.3, 0.4) is 0 Å². The van der Waals surface area contributed by atoms with Crippen molar-refractivity contribution in [2.75, 3.05) is 39.5 Å². The molecule has 1 rings (SSSR count). The second kappa shape index (κ2) is 11.4. The largest absolute Gasteiger partial charge is 0.490 e. The van der Waals surface area contributed by atoms with Crippen LogP contribution in [0.25, 0.3) is 0 Å². The topological polar surface area (TPSA) is 62.8 Å². The SMILES string of the molecule is CCOc1ccc(CNCCCNCCO)cc1OCC. The van der Waals surface area contributed by atoms with E-state index >= 15 is 0 Å². The molecular formula is C16H28N2O3. The van der Waals surface area contributed by atoms with Gasteiger partial charge in [-0.15, -0.1) is 0 Å². The van der Waals surface area contributed by atoms with Gasteiger partial charge in [0.25, 0.3) is 0 Å². The molecule has 0 amide bonds. The zero-order valence-corrected chi connectivity index (χ0v) is 13.2. The van der Waals surface area contributed by atoms with Gasteiger partial charge in [0.05, 0.1) is 19.8 Å². The van der Waals surface area contributed by atoms with Crippen molar-refractivity contribution >= 4 is 0 Å². The van der Waals surface area contributed by atoms with Gasteiger partial charge in [0, 0.05) is 13.1 Å². The van der Waals surface area contributed by atoms with E-state index in [4.69, 9.17) is 14.6 Å². The average molecular weight is 296 g/mol. The molecule has 1 aromatic rings. The van der Waals surface area contributed by atoms with Crippen LogP contribution in [0.1, 0.15) is 25.8 Å². The molecule has 0 aliphatic carbocycles. The second-order valence-corrected chi connectivity index (χ2v) is 4.65. The maximum atomic E-state index is 8.65. The minimum atomic E-state index is 0.194. The van der Waals surface area contributed by atoms with E-state index in [2.05, 4.69) is 16.7 Å². The molecule has 21 heavy (non-hydrogen) atoms. The molecule has 0 saturated carbocycles. The lowest BCUT2D eigenvalue weighted by atomic mass is 10.2. The molecule has 0 aliphatic heterocycles. The molecule has 0 bridgehead atoms. The predicted octanol–water partition coefficient (Wildman–Crippen LogP) is 1.55. The molecule has 0 saturated heterocycles. The van der Waals surface area contributed by atoms with Crippen molar-refractivity contribution in [2.45, 2.75) is 26.8 Å². The van der Waals surface area contributed by atoms with Crippen LogP contribution in [-0.4, -0.2) is 44.6 Å². The molecule has 5 heteroatoms. The van der Waals surface area contributed by atoms with Crippen molar-refractivity contribution in [3.8, 4) is 11.5 Å². The highest BCUT2D eigenvalue weighted by molar-refractivity contribution is 5.43. The molecule has 0 atom stereocenters. The third-order valence-electron chi connectivity index (χ3n) is 2.93. The van der Waals surface area contributed by atoms with Crippen LogP contribution in [0.4, 0.5) is 0 Å². The van der Waals surface area contributed by atoms with E-state index in [0.717, 1.165) is 37.6 Å². The highest BCUT2D eigenvalue weighted by Gasteiger charge is 2.05. The molecule has 1 aromatic carbocycles. The van der Waals surface area contributed by atoms with Gasteiger partial charge in [-0.1, -0.05) is 6.07 Å². The molecule has 0 spiro atoms. The van der Waals surface area contributed by atoms with Gasteiger partial charge in [0.2, 0.25) is 0 Å². The number of benzene rings is 1. The summed E-state index contributed by atoms with van der Waals surface area (Å²) in [7, 11) is 0. The fourth-order valence-corrected chi connectivity index (χ4v) is 1.98. The highest BCUT2D eigenvalue weighted by atomic mass is 16.5. The van der Waals surface area contributed by atoms with Crippen LogP contribution in [0.2, 0.25) is 0 Å². The first-order chi connectivity index (χ1) is 10.3. The van der Waals surface area contributed by atoms with E-state index in [0.29, 0.717) is 19.8 Å². The lowest BCUT2D eigenvalue weighted by Gasteiger charge is -2.13. The van der Waals surface area contributed by atoms with E-state index in [9.17, 15) is 0 Å². The summed E-state index contributed by atoms with van der Waals surface area (Å²) in [4.78, 5) is 0. The van der Waals surface area contributed by atoms with Crippen LogP contribution < -0.4 is 20.1 Å². The summed E-state index contributed by atoms with van der Waals surface area (Å²) in [5.74, 6) is 1.61. The lowest BCUT2D eigenvalue weighted by Crippen LogP contribution is -2.23. The van der Waals surface area contributed by atoms with Gasteiger partial charge in [-0.2, -0.15) is 0 Å². The van der Waals surface area contributed by atoms with E-state index < -0.39 is 0 Å². The smallest absolute Gasteiger partial charge is 0.161 e. The van der Waals surface area contributed by atoms with Gasteiger partial charge in [0.1, 0.15) is 0 Å². The van der Waals surface area contributed by atoms with Gasteiger partial charge in [-0.3, -0.25) is 0 Å². The Morgan fingerprint density at radius 1 is 0.952 bits per heavy atom. The Bertz CT molecular complexity index is 386. The number of nitrogens with one attached hydrogen (secondary N) is 2. The quantitative estimate of drug-likeness (QED) is 0.511. The van der Waals surface area contributed by atoms with Crippen LogP contribution >= 0.6 is 0 Å². The summed E-state index contributed by atoms with van der Waals surface area (Å²) in [5.41, 5.74) is 1.19. The van der Waals surface area contributed by atoms with Gasteiger partial charge in [-0.25, -0.2) is 0 Å². The first kappa shape index (κ1) is 17.8. The van der Waals surface area contributed by atoms with Crippen LogP contribution in [0, 0.1) is 0 Å². The molecule has 0 fully saturated rings. The van der Waals surface area contributed by atoms with E-state index in [1.807, 2.05) is 26.0 Å². The summed E-state index contributed by atoms with van der Waals surface area (Å²) in [6.07, 6.45) is 1.04. The normalized spacial score (nSPS) is 10.6. The number of ether oxygens (including phenoxy) is 2. The van der Waals surface area contributed by atoms with E-state index in [-0.39, 0.29) is 6.61 Å². The first-order valence-electron chi connectivity index (χ1n) is 7.72. The molecular weight excluding hydrogens is 268 g/mol. The Balaban J connectivity index is 2.35. The Labute approximate surface area is 127 Å². The lowest BCUT2D eigenvalue weighted by molar-refractivity contribution is 0.287. The first-order valence-corrected chi connectivity index (χ1v) is 7.72. The third-order valence-corrected chi connectivity index (χ3v) is 2.93. The number of aliphatic hydroxyl groups excluding tert-OH is 1. The number of hydrogen-bond donors (Lipinski definition) is 3. The molecule has 0 radical (unpaired) electrons. The van der Waals surface area contributed by atoms with Gasteiger partial charge in [-0.05, 0) is 51.1 Å². The highest BCUT2D eigenvalue weighted by Crippen LogP contribution is 2.28. The van der Waals surface area contributed by atoms with Crippen molar-refractivity contribution < 1.29 is 14.6 Å². The van der Waals surface area contributed by atoms with Crippen molar-refractivity contribution in [3.63, 3.8) is 0 Å². The Hall–Kier alpha value is -1.30. The van der Waals surface area contributed by atoms with Gasteiger partial charge in [0.15, 0.2) is 11.5 Å². The Kier molecular flexibility index (Phi) is 9.61. The Morgan fingerprint density at radius 3 is 2.38 bits per heavy atom. The molecule has 3 N–H and O–H groups in total. The summed E-state index contributed by atoms with van der Waals surface area (Å²) in [6, 6.07) is 6.06. The van der Waals surface area contributed by atoms with Crippen LogP contribution in [-0.2, 0) is 6.54 Å². The Morgan fingerprint density at radius 2 is 1.67 bits per heavy atom. The monoisotopic (exact) mass is 296 g/mol. The number of rotatable bonds is 12. The van der Waals surface area contributed by atoms with Gasteiger partial charge < -0.3 is 25.2 Å². The summed E-state index contributed by atoms with van der Waals surface area (Å²) < 4.78 is 11.2. The maximum absolute atomic E-state index is 8.65. The van der Waals surface area contributed by atoms with E-state index in [1.165, 1.54) is 5.56 Å².